The molecule has 0 aliphatic carbocycles. The molecule has 1 atom stereocenters. The Balaban J connectivity index is 4.06. The molecule has 0 radical (unpaired) electrons. The smallest absolute Gasteiger partial charge is 0.326 e. The summed E-state index contributed by atoms with van der Waals surface area (Å²) in [5, 5.41) is 18.0. The second-order valence-corrected chi connectivity index (χ2v) is 6.16. The van der Waals surface area contributed by atoms with Crippen molar-refractivity contribution >= 4 is 33.8 Å². The van der Waals surface area contributed by atoms with Gasteiger partial charge in [-0.05, 0) is 18.4 Å². The molecule has 18 heavy (non-hydrogen) atoms. The van der Waals surface area contributed by atoms with Crippen molar-refractivity contribution < 1.29 is 23.1 Å². The highest BCUT2D eigenvalue weighted by Gasteiger charge is 2.19. The first kappa shape index (κ1) is 17.0. The molecule has 0 aliphatic heterocycles. The maximum absolute atomic E-state index is 11.3. The molecule has 0 rings (SSSR count). The fraction of sp³-hybridized carbons (Fsp3) is 0.750. The molecule has 0 spiro atoms. The third kappa shape index (κ3) is 9.07. The summed E-state index contributed by atoms with van der Waals surface area (Å²) in [5.74, 6) is -0.942. The highest BCUT2D eigenvalue weighted by atomic mass is 32.2. The lowest BCUT2D eigenvalue weighted by molar-refractivity contribution is -0.139. The fourth-order valence-electron chi connectivity index (χ4n) is 1.01. The van der Waals surface area contributed by atoms with E-state index in [0.717, 1.165) is 0 Å². The van der Waals surface area contributed by atoms with Crippen LogP contribution in [-0.4, -0.2) is 55.9 Å². The lowest BCUT2D eigenvalue weighted by Gasteiger charge is -2.14. The van der Waals surface area contributed by atoms with Crippen molar-refractivity contribution in [3.05, 3.63) is 0 Å². The minimum absolute atomic E-state index is 0.167. The van der Waals surface area contributed by atoms with Crippen LogP contribution in [0.25, 0.3) is 0 Å². The molecule has 0 aromatic carbocycles. The van der Waals surface area contributed by atoms with Crippen LogP contribution in [0.3, 0.4) is 0 Å². The predicted octanol–water partition coefficient (Wildman–Crippen LogP) is -1.22. The highest BCUT2D eigenvalue weighted by molar-refractivity contribution is 7.98. The summed E-state index contributed by atoms with van der Waals surface area (Å²) in [4.78, 5) is 22.1. The van der Waals surface area contributed by atoms with E-state index in [0.29, 0.717) is 12.2 Å². The fourth-order valence-corrected chi connectivity index (χ4v) is 1.87. The third-order valence-electron chi connectivity index (χ3n) is 1.89. The number of amides is 2. The van der Waals surface area contributed by atoms with Crippen molar-refractivity contribution in [2.45, 2.75) is 12.5 Å². The lowest BCUT2D eigenvalue weighted by Crippen LogP contribution is -2.47. The van der Waals surface area contributed by atoms with E-state index in [9.17, 15) is 18.0 Å². The van der Waals surface area contributed by atoms with Crippen molar-refractivity contribution in [3.8, 4) is 0 Å². The van der Waals surface area contributed by atoms with E-state index in [4.69, 9.17) is 10.2 Å². The molecular formula is C8H17N3O5S2. The Morgan fingerprint density at radius 1 is 1.44 bits per heavy atom. The van der Waals surface area contributed by atoms with Gasteiger partial charge in [0, 0.05) is 6.54 Å². The first-order valence-electron chi connectivity index (χ1n) is 5.03. The van der Waals surface area contributed by atoms with Gasteiger partial charge in [-0.15, -0.1) is 0 Å². The molecule has 0 aromatic heterocycles. The van der Waals surface area contributed by atoms with Crippen molar-refractivity contribution in [3.63, 3.8) is 0 Å². The van der Waals surface area contributed by atoms with E-state index in [1.54, 1.807) is 0 Å². The largest absolute Gasteiger partial charge is 0.480 e. The topological polar surface area (TPSA) is 139 Å². The number of nitrogens with two attached hydrogens (primary N) is 1. The molecule has 0 aliphatic rings. The molecule has 5 N–H and O–H groups in total. The Hall–Kier alpha value is -1.00. The summed E-state index contributed by atoms with van der Waals surface area (Å²) in [7, 11) is -3.64. The van der Waals surface area contributed by atoms with Gasteiger partial charge in [-0.2, -0.15) is 11.8 Å². The zero-order valence-electron chi connectivity index (χ0n) is 9.88. The Bertz CT molecular complexity index is 384. The number of rotatable bonds is 8. The highest BCUT2D eigenvalue weighted by Crippen LogP contribution is 2.00. The number of urea groups is 1. The maximum atomic E-state index is 11.3. The number of hydrogen-bond acceptors (Lipinski definition) is 5. The number of nitrogens with one attached hydrogen (secondary N) is 2. The molecule has 10 heteroatoms. The van der Waals surface area contributed by atoms with Gasteiger partial charge in [0.2, 0.25) is 10.0 Å². The average Bonchev–Trinajstić information content (AvgIpc) is 2.21. The quantitative estimate of drug-likeness (QED) is 0.443. The molecular weight excluding hydrogens is 282 g/mol. The lowest BCUT2D eigenvalue weighted by atomic mass is 10.2. The second kappa shape index (κ2) is 8.16. The van der Waals surface area contributed by atoms with Gasteiger partial charge in [-0.3, -0.25) is 0 Å². The predicted molar refractivity (Wildman–Crippen MR) is 68.9 cm³/mol. The van der Waals surface area contributed by atoms with E-state index >= 15 is 0 Å². The second-order valence-electron chi connectivity index (χ2n) is 3.44. The normalized spacial score (nSPS) is 12.8. The van der Waals surface area contributed by atoms with E-state index in [2.05, 4.69) is 10.6 Å². The third-order valence-corrected chi connectivity index (χ3v) is 3.30. The van der Waals surface area contributed by atoms with Gasteiger partial charge in [-0.25, -0.2) is 23.1 Å². The summed E-state index contributed by atoms with van der Waals surface area (Å²) in [6, 6.07) is -1.72. The molecule has 0 saturated carbocycles. The van der Waals surface area contributed by atoms with E-state index < -0.39 is 33.8 Å². The maximum Gasteiger partial charge on any atom is 0.326 e. The number of aliphatic carboxylic acids is 1. The number of carboxylic acid groups (broad SMARTS) is 1. The van der Waals surface area contributed by atoms with Crippen LogP contribution in [0.4, 0.5) is 4.79 Å². The van der Waals surface area contributed by atoms with E-state index in [-0.39, 0.29) is 6.54 Å². The van der Waals surface area contributed by atoms with Crippen LogP contribution in [0.1, 0.15) is 6.42 Å². The van der Waals surface area contributed by atoms with Crippen LogP contribution in [0.5, 0.6) is 0 Å². The first-order chi connectivity index (χ1) is 8.26. The van der Waals surface area contributed by atoms with Gasteiger partial charge in [0.25, 0.3) is 0 Å². The Morgan fingerprint density at radius 3 is 2.50 bits per heavy atom. The van der Waals surface area contributed by atoms with Crippen LogP contribution in [-0.2, 0) is 14.8 Å². The number of carbonyl (C=O) groups excluding carboxylic acids is 1. The Labute approximate surface area is 110 Å². The van der Waals surface area contributed by atoms with Crippen molar-refractivity contribution in [2.75, 3.05) is 24.3 Å². The van der Waals surface area contributed by atoms with Gasteiger partial charge in [0.15, 0.2) is 0 Å². The van der Waals surface area contributed by atoms with Crippen LogP contribution in [0.15, 0.2) is 0 Å². The first-order valence-corrected chi connectivity index (χ1v) is 8.13. The van der Waals surface area contributed by atoms with Crippen LogP contribution >= 0.6 is 11.8 Å². The molecule has 0 aromatic rings. The minimum Gasteiger partial charge on any atom is -0.480 e. The van der Waals surface area contributed by atoms with Crippen molar-refractivity contribution in [2.24, 2.45) is 5.14 Å². The van der Waals surface area contributed by atoms with Gasteiger partial charge in [0.1, 0.15) is 6.04 Å². The number of carboxylic acids is 1. The molecule has 0 bridgehead atoms. The van der Waals surface area contributed by atoms with Crippen LogP contribution in [0, 0.1) is 0 Å². The summed E-state index contributed by atoms with van der Waals surface area (Å²) in [5.41, 5.74) is 0. The number of hydrogen-bond donors (Lipinski definition) is 4. The summed E-state index contributed by atoms with van der Waals surface area (Å²) in [6.07, 6.45) is 2.12. The number of carbonyl (C=O) groups is 2. The molecule has 0 unspecified atom stereocenters. The van der Waals surface area contributed by atoms with E-state index in [1.807, 2.05) is 6.26 Å². The van der Waals surface area contributed by atoms with Crippen molar-refractivity contribution in [1.29, 1.82) is 0 Å². The standard InChI is InChI=1S/C8H17N3O5S2/c1-17-4-2-6(7(12)13)11-8(14)10-3-5-18(9,15)16/h6H,2-5H2,1H3,(H,12,13)(H2,9,15,16)(H2,10,11,14)/t6-/m1/s1. The monoisotopic (exact) mass is 299 g/mol. The van der Waals surface area contributed by atoms with Gasteiger partial charge in [-0.1, -0.05) is 0 Å². The van der Waals surface area contributed by atoms with Crippen LogP contribution in [0.2, 0.25) is 0 Å². The average molecular weight is 299 g/mol. The summed E-state index contributed by atoms with van der Waals surface area (Å²) >= 11 is 1.46. The SMILES string of the molecule is CSCC[C@@H](NC(=O)NCCS(N)(=O)=O)C(=O)O. The zero-order valence-corrected chi connectivity index (χ0v) is 11.5. The summed E-state index contributed by atoms with van der Waals surface area (Å²) in [6.45, 7) is -0.167. The molecule has 0 saturated heterocycles. The molecule has 0 heterocycles. The van der Waals surface area contributed by atoms with Gasteiger partial charge in [0.05, 0.1) is 5.75 Å². The number of thioether (sulfide) groups is 1. The number of sulfonamides is 1. The van der Waals surface area contributed by atoms with E-state index in [1.165, 1.54) is 11.8 Å². The molecule has 106 valence electrons. The van der Waals surface area contributed by atoms with Crippen LogP contribution < -0.4 is 15.8 Å². The van der Waals surface area contributed by atoms with Gasteiger partial charge < -0.3 is 15.7 Å². The van der Waals surface area contributed by atoms with Gasteiger partial charge >= 0.3 is 12.0 Å². The Morgan fingerprint density at radius 2 is 2.06 bits per heavy atom. The molecule has 8 nitrogen and oxygen atoms in total. The minimum atomic E-state index is -3.64. The zero-order chi connectivity index (χ0) is 14.2. The Kier molecular flexibility index (Phi) is 7.71. The number of primary sulfonamides is 1. The van der Waals surface area contributed by atoms with Crippen molar-refractivity contribution in [1.82, 2.24) is 10.6 Å². The molecule has 0 fully saturated rings. The molecule has 2 amide bonds. The summed E-state index contributed by atoms with van der Waals surface area (Å²) < 4.78 is 21.2.